The Bertz CT molecular complexity index is 353. The van der Waals surface area contributed by atoms with Crippen LogP contribution in [0.1, 0.15) is 12.8 Å². The topological polar surface area (TPSA) is 12.5 Å². The van der Waals surface area contributed by atoms with Crippen LogP contribution >= 0.6 is 15.9 Å². The maximum Gasteiger partial charge on any atom is 0.133 e. The van der Waals surface area contributed by atoms with E-state index in [0.717, 1.165) is 6.54 Å². The summed E-state index contributed by atoms with van der Waals surface area (Å²) in [6.07, 6.45) is 2.58. The van der Waals surface area contributed by atoms with E-state index in [1.807, 2.05) is 0 Å². The van der Waals surface area contributed by atoms with Crippen LogP contribution in [0, 0.1) is 5.82 Å². The molecule has 88 valence electrons. The van der Waals surface area contributed by atoms with E-state index in [0.29, 0.717) is 16.8 Å². The lowest BCUT2D eigenvalue weighted by Gasteiger charge is -2.15. The van der Waals surface area contributed by atoms with Crippen molar-refractivity contribution in [2.45, 2.75) is 12.8 Å². The van der Waals surface area contributed by atoms with Crippen molar-refractivity contribution in [3.8, 4) is 5.75 Å². The van der Waals surface area contributed by atoms with Gasteiger partial charge in [-0.15, -0.1) is 0 Å². The van der Waals surface area contributed by atoms with Crippen LogP contribution in [0.15, 0.2) is 22.7 Å². The zero-order chi connectivity index (χ0) is 11.4. The second-order valence-electron chi connectivity index (χ2n) is 3.97. The summed E-state index contributed by atoms with van der Waals surface area (Å²) >= 11 is 3.28. The van der Waals surface area contributed by atoms with Crippen LogP contribution in [0.5, 0.6) is 5.75 Å². The van der Waals surface area contributed by atoms with Crippen LogP contribution in [0.3, 0.4) is 0 Å². The van der Waals surface area contributed by atoms with Crippen molar-refractivity contribution in [2.75, 3.05) is 26.2 Å². The highest BCUT2D eigenvalue weighted by atomic mass is 79.9. The number of benzene rings is 1. The molecule has 1 saturated heterocycles. The maximum absolute atomic E-state index is 12.8. The molecule has 1 aromatic carbocycles. The minimum absolute atomic E-state index is 0.251. The fourth-order valence-corrected chi connectivity index (χ4v) is 2.35. The quantitative estimate of drug-likeness (QED) is 0.844. The molecule has 0 saturated carbocycles. The second kappa shape index (κ2) is 5.64. The Morgan fingerprint density at radius 3 is 2.75 bits per heavy atom. The monoisotopic (exact) mass is 287 g/mol. The summed E-state index contributed by atoms with van der Waals surface area (Å²) in [5.41, 5.74) is 0. The first-order chi connectivity index (χ1) is 7.75. The summed E-state index contributed by atoms with van der Waals surface area (Å²) in [6, 6.07) is 4.49. The third-order valence-electron chi connectivity index (χ3n) is 2.76. The van der Waals surface area contributed by atoms with Crippen molar-refractivity contribution in [2.24, 2.45) is 0 Å². The molecule has 1 fully saturated rings. The molecule has 0 spiro atoms. The Morgan fingerprint density at radius 1 is 1.31 bits per heavy atom. The van der Waals surface area contributed by atoms with Crippen LogP contribution in [0.25, 0.3) is 0 Å². The van der Waals surface area contributed by atoms with Gasteiger partial charge < -0.3 is 4.74 Å². The van der Waals surface area contributed by atoms with Gasteiger partial charge in [-0.3, -0.25) is 4.90 Å². The highest BCUT2D eigenvalue weighted by Gasteiger charge is 2.11. The average molecular weight is 288 g/mol. The van der Waals surface area contributed by atoms with Gasteiger partial charge in [-0.1, -0.05) is 0 Å². The Hall–Kier alpha value is -0.610. The number of ether oxygens (including phenoxy) is 1. The van der Waals surface area contributed by atoms with Crippen molar-refractivity contribution in [3.63, 3.8) is 0 Å². The SMILES string of the molecule is Fc1ccc(OCCN2CCCC2)c(Br)c1. The van der Waals surface area contributed by atoms with E-state index in [4.69, 9.17) is 4.74 Å². The van der Waals surface area contributed by atoms with E-state index in [9.17, 15) is 4.39 Å². The molecule has 0 bridgehead atoms. The molecular weight excluding hydrogens is 273 g/mol. The predicted octanol–water partition coefficient (Wildman–Crippen LogP) is 3.06. The third kappa shape index (κ3) is 3.19. The second-order valence-corrected chi connectivity index (χ2v) is 4.83. The summed E-state index contributed by atoms with van der Waals surface area (Å²) < 4.78 is 19.1. The Labute approximate surface area is 104 Å². The van der Waals surface area contributed by atoms with Crippen LogP contribution in [-0.4, -0.2) is 31.1 Å². The Kier molecular flexibility index (Phi) is 4.18. The molecular formula is C12H15BrFNO. The Morgan fingerprint density at radius 2 is 2.06 bits per heavy atom. The van der Waals surface area contributed by atoms with Gasteiger partial charge in [0.25, 0.3) is 0 Å². The molecule has 2 nitrogen and oxygen atoms in total. The minimum atomic E-state index is -0.251. The largest absolute Gasteiger partial charge is 0.491 e. The molecule has 2 rings (SSSR count). The molecule has 1 aliphatic heterocycles. The van der Waals surface area contributed by atoms with E-state index in [2.05, 4.69) is 20.8 Å². The van der Waals surface area contributed by atoms with Crippen molar-refractivity contribution in [1.29, 1.82) is 0 Å². The molecule has 0 amide bonds. The highest BCUT2D eigenvalue weighted by molar-refractivity contribution is 9.10. The smallest absolute Gasteiger partial charge is 0.133 e. The predicted molar refractivity (Wildman–Crippen MR) is 65.3 cm³/mol. The van der Waals surface area contributed by atoms with Gasteiger partial charge in [-0.25, -0.2) is 4.39 Å². The standard InChI is InChI=1S/C12H15BrFNO/c13-11-9-10(14)3-4-12(11)16-8-7-15-5-1-2-6-15/h3-4,9H,1-2,5-8H2. The van der Waals surface area contributed by atoms with Gasteiger partial charge in [0.05, 0.1) is 4.47 Å². The Balaban J connectivity index is 1.80. The van der Waals surface area contributed by atoms with E-state index >= 15 is 0 Å². The maximum atomic E-state index is 12.8. The van der Waals surface area contributed by atoms with Gasteiger partial charge in [-0.05, 0) is 60.1 Å². The zero-order valence-electron chi connectivity index (χ0n) is 9.09. The van der Waals surface area contributed by atoms with Gasteiger partial charge in [0, 0.05) is 6.54 Å². The van der Waals surface area contributed by atoms with E-state index in [1.165, 1.54) is 38.1 Å². The summed E-state index contributed by atoms with van der Waals surface area (Å²) in [4.78, 5) is 2.39. The molecule has 0 unspecified atom stereocenters. The van der Waals surface area contributed by atoms with Gasteiger partial charge in [0.2, 0.25) is 0 Å². The van der Waals surface area contributed by atoms with Crippen LogP contribution < -0.4 is 4.74 Å². The molecule has 1 heterocycles. The summed E-state index contributed by atoms with van der Waals surface area (Å²) in [6.45, 7) is 3.95. The fraction of sp³-hybridized carbons (Fsp3) is 0.500. The van der Waals surface area contributed by atoms with Crippen molar-refractivity contribution >= 4 is 15.9 Å². The van der Waals surface area contributed by atoms with Crippen LogP contribution in [0.4, 0.5) is 4.39 Å². The van der Waals surface area contributed by atoms with Gasteiger partial charge in [0.15, 0.2) is 0 Å². The van der Waals surface area contributed by atoms with Crippen LogP contribution in [0.2, 0.25) is 0 Å². The lowest BCUT2D eigenvalue weighted by Crippen LogP contribution is -2.25. The molecule has 4 heteroatoms. The van der Waals surface area contributed by atoms with Crippen LogP contribution in [-0.2, 0) is 0 Å². The van der Waals surface area contributed by atoms with Gasteiger partial charge in [-0.2, -0.15) is 0 Å². The van der Waals surface area contributed by atoms with Crippen molar-refractivity contribution in [3.05, 3.63) is 28.5 Å². The third-order valence-corrected chi connectivity index (χ3v) is 3.38. The lowest BCUT2D eigenvalue weighted by molar-refractivity contribution is 0.236. The normalized spacial score (nSPS) is 16.6. The number of likely N-dealkylation sites (tertiary alicyclic amines) is 1. The van der Waals surface area contributed by atoms with Crippen molar-refractivity contribution < 1.29 is 9.13 Å². The number of hydrogen-bond acceptors (Lipinski definition) is 2. The summed E-state index contributed by atoms with van der Waals surface area (Å²) in [5, 5.41) is 0. The lowest BCUT2D eigenvalue weighted by atomic mass is 10.3. The zero-order valence-corrected chi connectivity index (χ0v) is 10.7. The molecule has 0 aliphatic carbocycles. The minimum Gasteiger partial charge on any atom is -0.491 e. The average Bonchev–Trinajstić information content (AvgIpc) is 2.74. The summed E-state index contributed by atoms with van der Waals surface area (Å²) in [7, 11) is 0. The first kappa shape index (κ1) is 11.9. The van der Waals surface area contributed by atoms with E-state index < -0.39 is 0 Å². The molecule has 0 N–H and O–H groups in total. The van der Waals surface area contributed by atoms with Gasteiger partial charge in [0.1, 0.15) is 18.2 Å². The molecule has 0 radical (unpaired) electrons. The molecule has 1 aliphatic rings. The number of nitrogens with zero attached hydrogens (tertiary/aromatic N) is 1. The molecule has 0 aromatic heterocycles. The molecule has 16 heavy (non-hydrogen) atoms. The first-order valence-corrected chi connectivity index (χ1v) is 6.35. The molecule has 0 atom stereocenters. The van der Waals surface area contributed by atoms with Crippen molar-refractivity contribution in [1.82, 2.24) is 4.90 Å². The highest BCUT2D eigenvalue weighted by Crippen LogP contribution is 2.25. The fourth-order valence-electron chi connectivity index (χ4n) is 1.88. The van der Waals surface area contributed by atoms with E-state index in [-0.39, 0.29) is 5.82 Å². The molecule has 1 aromatic rings. The number of hydrogen-bond donors (Lipinski definition) is 0. The first-order valence-electron chi connectivity index (χ1n) is 5.56. The number of halogens is 2. The summed E-state index contributed by atoms with van der Waals surface area (Å²) in [5.74, 6) is 0.458. The van der Waals surface area contributed by atoms with Gasteiger partial charge >= 0.3 is 0 Å². The van der Waals surface area contributed by atoms with E-state index in [1.54, 1.807) is 6.07 Å². The number of rotatable bonds is 4.